The highest BCUT2D eigenvalue weighted by atomic mass is 16.5. The molecule has 31 heavy (non-hydrogen) atoms. The predicted molar refractivity (Wildman–Crippen MR) is 115 cm³/mol. The van der Waals surface area contributed by atoms with Crippen LogP contribution in [0.1, 0.15) is 27.6 Å². The number of anilines is 1. The fourth-order valence-corrected chi connectivity index (χ4v) is 3.07. The second-order valence-electron chi connectivity index (χ2n) is 6.87. The first kappa shape index (κ1) is 20.0. The SMILES string of the molecule is CC(=O)c1ccc(NC(=O)COC(=O)c2ccc3noc(-c4ccccc4)c3c2)cc1. The van der Waals surface area contributed by atoms with Crippen LogP contribution in [0.2, 0.25) is 0 Å². The lowest BCUT2D eigenvalue weighted by Gasteiger charge is -2.07. The minimum Gasteiger partial charge on any atom is -0.452 e. The smallest absolute Gasteiger partial charge is 0.338 e. The number of nitrogens with zero attached hydrogens (tertiary/aromatic N) is 1. The van der Waals surface area contributed by atoms with Crippen LogP contribution in [-0.4, -0.2) is 29.4 Å². The van der Waals surface area contributed by atoms with E-state index in [1.165, 1.54) is 6.92 Å². The number of nitrogens with one attached hydrogen (secondary N) is 1. The number of Topliss-reactive ketones (excluding diaryl/α,β-unsaturated/α-hetero) is 1. The molecule has 0 aliphatic carbocycles. The van der Waals surface area contributed by atoms with Gasteiger partial charge in [0, 0.05) is 16.8 Å². The van der Waals surface area contributed by atoms with Gasteiger partial charge < -0.3 is 14.6 Å². The van der Waals surface area contributed by atoms with Crippen LogP contribution in [-0.2, 0) is 9.53 Å². The van der Waals surface area contributed by atoms with Crippen molar-refractivity contribution in [3.8, 4) is 11.3 Å². The van der Waals surface area contributed by atoms with Crippen molar-refractivity contribution < 1.29 is 23.6 Å². The summed E-state index contributed by atoms with van der Waals surface area (Å²) in [5.41, 5.74) is 2.78. The number of carbonyl (C=O) groups excluding carboxylic acids is 3. The molecule has 154 valence electrons. The van der Waals surface area contributed by atoms with Gasteiger partial charge in [0.2, 0.25) is 0 Å². The van der Waals surface area contributed by atoms with E-state index in [9.17, 15) is 14.4 Å². The number of benzene rings is 3. The minimum absolute atomic E-state index is 0.0629. The number of aromatic nitrogens is 1. The summed E-state index contributed by atoms with van der Waals surface area (Å²) < 4.78 is 10.6. The molecule has 0 fully saturated rings. The first-order chi connectivity index (χ1) is 15.0. The van der Waals surface area contributed by atoms with Gasteiger partial charge in [-0.3, -0.25) is 9.59 Å². The molecule has 1 aromatic heterocycles. The third-order valence-electron chi connectivity index (χ3n) is 4.66. The van der Waals surface area contributed by atoms with Crippen molar-refractivity contribution in [3.63, 3.8) is 0 Å². The number of rotatable bonds is 6. The highest BCUT2D eigenvalue weighted by molar-refractivity contribution is 6.00. The van der Waals surface area contributed by atoms with Gasteiger partial charge in [0.05, 0.1) is 10.9 Å². The molecule has 3 aromatic carbocycles. The lowest BCUT2D eigenvalue weighted by Crippen LogP contribution is -2.20. The average molecular weight is 414 g/mol. The molecule has 0 radical (unpaired) electrons. The second kappa shape index (κ2) is 8.62. The van der Waals surface area contributed by atoms with E-state index in [1.54, 1.807) is 42.5 Å². The van der Waals surface area contributed by atoms with E-state index in [0.717, 1.165) is 5.56 Å². The number of carbonyl (C=O) groups is 3. The van der Waals surface area contributed by atoms with E-state index in [0.29, 0.717) is 27.9 Å². The van der Waals surface area contributed by atoms with E-state index in [1.807, 2.05) is 30.3 Å². The van der Waals surface area contributed by atoms with Crippen LogP contribution in [0.25, 0.3) is 22.2 Å². The Kier molecular flexibility index (Phi) is 5.57. The maximum absolute atomic E-state index is 12.4. The molecular formula is C24H18N2O5. The third kappa shape index (κ3) is 4.51. The Hall–Kier alpha value is -4.26. The van der Waals surface area contributed by atoms with E-state index in [4.69, 9.17) is 9.26 Å². The van der Waals surface area contributed by atoms with Gasteiger partial charge in [-0.05, 0) is 49.4 Å². The largest absolute Gasteiger partial charge is 0.452 e. The molecule has 0 atom stereocenters. The van der Waals surface area contributed by atoms with Gasteiger partial charge in [0.25, 0.3) is 5.91 Å². The van der Waals surface area contributed by atoms with Crippen molar-refractivity contribution >= 4 is 34.3 Å². The first-order valence-electron chi connectivity index (χ1n) is 9.54. The first-order valence-corrected chi connectivity index (χ1v) is 9.54. The fourth-order valence-electron chi connectivity index (χ4n) is 3.07. The Balaban J connectivity index is 1.42. The Morgan fingerprint density at radius 1 is 0.935 bits per heavy atom. The summed E-state index contributed by atoms with van der Waals surface area (Å²) in [6.45, 7) is 1.02. The number of ketones is 1. The zero-order valence-electron chi connectivity index (χ0n) is 16.6. The number of hydrogen-bond donors (Lipinski definition) is 1. The highest BCUT2D eigenvalue weighted by Gasteiger charge is 2.16. The van der Waals surface area contributed by atoms with Crippen molar-refractivity contribution in [2.45, 2.75) is 6.92 Å². The summed E-state index contributed by atoms with van der Waals surface area (Å²) in [7, 11) is 0. The number of esters is 1. The van der Waals surface area contributed by atoms with Gasteiger partial charge in [0.1, 0.15) is 5.52 Å². The monoisotopic (exact) mass is 414 g/mol. The summed E-state index contributed by atoms with van der Waals surface area (Å²) in [6, 6.07) is 20.8. The van der Waals surface area contributed by atoms with E-state index < -0.39 is 18.5 Å². The molecular weight excluding hydrogens is 396 g/mol. The van der Waals surface area contributed by atoms with E-state index in [2.05, 4.69) is 10.5 Å². The normalized spacial score (nSPS) is 10.6. The van der Waals surface area contributed by atoms with Crippen molar-refractivity contribution in [2.75, 3.05) is 11.9 Å². The molecule has 0 spiro atoms. The molecule has 1 heterocycles. The third-order valence-corrected chi connectivity index (χ3v) is 4.66. The average Bonchev–Trinajstić information content (AvgIpc) is 3.21. The predicted octanol–water partition coefficient (Wildman–Crippen LogP) is 4.49. The topological polar surface area (TPSA) is 98.5 Å². The molecule has 1 N–H and O–H groups in total. The van der Waals surface area contributed by atoms with Gasteiger partial charge in [-0.1, -0.05) is 35.5 Å². The van der Waals surface area contributed by atoms with Crippen LogP contribution in [0.5, 0.6) is 0 Å². The van der Waals surface area contributed by atoms with E-state index in [-0.39, 0.29) is 11.3 Å². The summed E-state index contributed by atoms with van der Waals surface area (Å²) >= 11 is 0. The van der Waals surface area contributed by atoms with Crippen molar-refractivity contribution in [1.82, 2.24) is 5.16 Å². The highest BCUT2D eigenvalue weighted by Crippen LogP contribution is 2.29. The number of fused-ring (bicyclic) bond motifs is 1. The molecule has 4 rings (SSSR count). The summed E-state index contributed by atoms with van der Waals surface area (Å²) in [5, 5.41) is 7.32. The number of amides is 1. The standard InChI is InChI=1S/C24H18N2O5/c1-15(27)16-7-10-19(11-8-16)25-22(28)14-30-24(29)18-9-12-21-20(13-18)23(31-26-21)17-5-3-2-4-6-17/h2-13H,14H2,1H3,(H,25,28). The Labute approximate surface area is 177 Å². The number of hydrogen-bond acceptors (Lipinski definition) is 6. The van der Waals surface area contributed by atoms with Crippen LogP contribution in [0.15, 0.2) is 77.3 Å². The zero-order chi connectivity index (χ0) is 21.8. The fraction of sp³-hybridized carbons (Fsp3) is 0.0833. The van der Waals surface area contributed by atoms with Crippen molar-refractivity contribution in [3.05, 3.63) is 83.9 Å². The van der Waals surface area contributed by atoms with Crippen molar-refractivity contribution in [2.24, 2.45) is 0 Å². The molecule has 0 unspecified atom stereocenters. The molecule has 0 aliphatic heterocycles. The van der Waals surface area contributed by atoms with E-state index >= 15 is 0 Å². The molecule has 1 amide bonds. The number of ether oxygens (including phenoxy) is 1. The lowest BCUT2D eigenvalue weighted by molar-refractivity contribution is -0.119. The lowest BCUT2D eigenvalue weighted by atomic mass is 10.1. The van der Waals surface area contributed by atoms with Gasteiger partial charge in [-0.2, -0.15) is 0 Å². The Bertz CT molecular complexity index is 1260. The van der Waals surface area contributed by atoms with Crippen LogP contribution < -0.4 is 5.32 Å². The summed E-state index contributed by atoms with van der Waals surface area (Å²) in [6.07, 6.45) is 0. The summed E-state index contributed by atoms with van der Waals surface area (Å²) in [5.74, 6) is -0.631. The second-order valence-corrected chi connectivity index (χ2v) is 6.87. The molecule has 7 heteroatoms. The quantitative estimate of drug-likeness (QED) is 0.369. The van der Waals surface area contributed by atoms with Crippen LogP contribution >= 0.6 is 0 Å². The molecule has 4 aromatic rings. The van der Waals surface area contributed by atoms with Gasteiger partial charge in [-0.25, -0.2) is 4.79 Å². The van der Waals surface area contributed by atoms with Crippen LogP contribution in [0.3, 0.4) is 0 Å². The molecule has 0 saturated heterocycles. The van der Waals surface area contributed by atoms with Gasteiger partial charge >= 0.3 is 5.97 Å². The van der Waals surface area contributed by atoms with Crippen LogP contribution in [0.4, 0.5) is 5.69 Å². The molecule has 7 nitrogen and oxygen atoms in total. The Morgan fingerprint density at radius 3 is 2.35 bits per heavy atom. The van der Waals surface area contributed by atoms with Crippen molar-refractivity contribution in [1.29, 1.82) is 0 Å². The molecule has 0 bridgehead atoms. The van der Waals surface area contributed by atoms with Crippen LogP contribution in [0, 0.1) is 0 Å². The maximum atomic E-state index is 12.4. The zero-order valence-corrected chi connectivity index (χ0v) is 16.6. The van der Waals surface area contributed by atoms with Gasteiger partial charge in [-0.15, -0.1) is 0 Å². The minimum atomic E-state index is -0.635. The molecule has 0 aliphatic rings. The summed E-state index contributed by atoms with van der Waals surface area (Å²) in [4.78, 5) is 35.8. The Morgan fingerprint density at radius 2 is 1.65 bits per heavy atom. The maximum Gasteiger partial charge on any atom is 0.338 e. The van der Waals surface area contributed by atoms with Gasteiger partial charge in [0.15, 0.2) is 18.2 Å². The molecule has 0 saturated carbocycles.